The first-order valence-corrected chi connectivity index (χ1v) is 7.79. The molecular formula is C16H16F2N6O. The van der Waals surface area contributed by atoms with Crippen LogP contribution in [0, 0.1) is 0 Å². The number of pyridine rings is 1. The van der Waals surface area contributed by atoms with Gasteiger partial charge in [-0.05, 0) is 12.1 Å². The number of aliphatic hydroxyl groups excluding tert-OH is 1. The number of hydrogen-bond donors (Lipinski definition) is 3. The third kappa shape index (κ3) is 2.66. The van der Waals surface area contributed by atoms with Crippen molar-refractivity contribution in [1.29, 1.82) is 0 Å². The molecule has 0 amide bonds. The molecule has 0 aromatic carbocycles. The number of nitrogen functional groups attached to an aromatic ring is 1. The molecule has 7 nitrogen and oxygen atoms in total. The van der Waals surface area contributed by atoms with Gasteiger partial charge < -0.3 is 20.7 Å². The second-order valence-electron chi connectivity index (χ2n) is 6.08. The van der Waals surface area contributed by atoms with E-state index in [0.29, 0.717) is 28.0 Å². The minimum absolute atomic E-state index is 0.123. The molecule has 1 atom stereocenters. The molecule has 1 aliphatic heterocycles. The van der Waals surface area contributed by atoms with Crippen molar-refractivity contribution in [1.82, 2.24) is 19.9 Å². The van der Waals surface area contributed by atoms with Crippen molar-refractivity contribution in [2.24, 2.45) is 0 Å². The van der Waals surface area contributed by atoms with Crippen LogP contribution in [0.25, 0.3) is 22.3 Å². The van der Waals surface area contributed by atoms with E-state index in [1.54, 1.807) is 24.5 Å². The molecule has 9 heteroatoms. The lowest BCUT2D eigenvalue weighted by molar-refractivity contribution is 0.0201. The number of fused-ring (bicyclic) bond motifs is 1. The van der Waals surface area contributed by atoms with Gasteiger partial charge in [0.05, 0.1) is 36.0 Å². The maximum absolute atomic E-state index is 13.9. The van der Waals surface area contributed by atoms with Crippen LogP contribution in [0.4, 0.5) is 20.4 Å². The van der Waals surface area contributed by atoms with Crippen LogP contribution in [0.15, 0.2) is 30.7 Å². The molecule has 4 heterocycles. The fraction of sp³-hybridized carbons (Fsp3) is 0.312. The number of anilines is 2. The fourth-order valence-corrected chi connectivity index (χ4v) is 3.35. The van der Waals surface area contributed by atoms with Crippen LogP contribution in [0.3, 0.4) is 0 Å². The molecule has 0 radical (unpaired) electrons. The van der Waals surface area contributed by atoms with Crippen molar-refractivity contribution in [3.63, 3.8) is 0 Å². The van der Waals surface area contributed by atoms with Gasteiger partial charge in [0.1, 0.15) is 5.65 Å². The lowest BCUT2D eigenvalue weighted by atomic mass is 10.1. The van der Waals surface area contributed by atoms with Crippen LogP contribution in [0.1, 0.15) is 6.42 Å². The van der Waals surface area contributed by atoms with Gasteiger partial charge in [0, 0.05) is 30.6 Å². The topological polar surface area (TPSA) is 104 Å². The summed E-state index contributed by atoms with van der Waals surface area (Å²) in [5, 5.41) is 10.2. The number of alkyl halides is 2. The van der Waals surface area contributed by atoms with Crippen LogP contribution < -0.4 is 10.6 Å². The monoisotopic (exact) mass is 346 g/mol. The third-order valence-corrected chi connectivity index (χ3v) is 4.40. The van der Waals surface area contributed by atoms with Crippen molar-refractivity contribution < 1.29 is 13.9 Å². The fourth-order valence-electron chi connectivity index (χ4n) is 3.35. The molecule has 25 heavy (non-hydrogen) atoms. The predicted octanol–water partition coefficient (Wildman–Crippen LogP) is 1.81. The van der Waals surface area contributed by atoms with E-state index in [1.165, 1.54) is 11.1 Å². The molecule has 1 saturated heterocycles. The Hall–Kier alpha value is -2.81. The number of nitrogens with zero attached hydrogens (tertiary/aromatic N) is 4. The zero-order chi connectivity index (χ0) is 17.6. The van der Waals surface area contributed by atoms with Crippen LogP contribution in [-0.4, -0.2) is 50.2 Å². The summed E-state index contributed by atoms with van der Waals surface area (Å²) < 4.78 is 27.8. The van der Waals surface area contributed by atoms with E-state index in [1.807, 2.05) is 0 Å². The van der Waals surface area contributed by atoms with E-state index in [4.69, 9.17) is 5.73 Å². The SMILES string of the molecule is Nc1nccc(-c2c[nH]c3nccc(N4CC(F)(F)CC4CO)c23)n1. The molecule has 0 aliphatic carbocycles. The minimum Gasteiger partial charge on any atom is -0.394 e. The summed E-state index contributed by atoms with van der Waals surface area (Å²) in [6.07, 6.45) is 4.42. The first-order chi connectivity index (χ1) is 12.0. The number of nitrogens with one attached hydrogen (secondary N) is 1. The highest BCUT2D eigenvalue weighted by Gasteiger charge is 2.45. The zero-order valence-corrected chi connectivity index (χ0v) is 13.2. The Bertz CT molecular complexity index is 928. The van der Waals surface area contributed by atoms with E-state index in [-0.39, 0.29) is 19.0 Å². The number of nitrogens with two attached hydrogens (primary N) is 1. The van der Waals surface area contributed by atoms with Crippen molar-refractivity contribution in [3.8, 4) is 11.3 Å². The summed E-state index contributed by atoms with van der Waals surface area (Å²) in [6, 6.07) is 2.71. The highest BCUT2D eigenvalue weighted by molar-refractivity contribution is 6.02. The maximum atomic E-state index is 13.9. The predicted molar refractivity (Wildman–Crippen MR) is 89.3 cm³/mol. The molecule has 1 fully saturated rings. The summed E-state index contributed by atoms with van der Waals surface area (Å²) in [5.74, 6) is -2.73. The van der Waals surface area contributed by atoms with Gasteiger partial charge in [-0.3, -0.25) is 0 Å². The van der Waals surface area contributed by atoms with Crippen LogP contribution in [0.2, 0.25) is 0 Å². The molecule has 3 aromatic heterocycles. The second-order valence-corrected chi connectivity index (χ2v) is 6.08. The number of hydrogen-bond acceptors (Lipinski definition) is 6. The molecule has 4 N–H and O–H groups in total. The summed E-state index contributed by atoms with van der Waals surface area (Å²) in [4.78, 5) is 16.9. The van der Waals surface area contributed by atoms with Crippen LogP contribution in [-0.2, 0) is 0 Å². The van der Waals surface area contributed by atoms with E-state index >= 15 is 0 Å². The minimum atomic E-state index is -2.85. The van der Waals surface area contributed by atoms with E-state index in [9.17, 15) is 13.9 Å². The van der Waals surface area contributed by atoms with E-state index < -0.39 is 18.5 Å². The first-order valence-electron chi connectivity index (χ1n) is 7.79. The van der Waals surface area contributed by atoms with Gasteiger partial charge in [-0.1, -0.05) is 0 Å². The molecular weight excluding hydrogens is 330 g/mol. The summed E-state index contributed by atoms with van der Waals surface area (Å²) in [7, 11) is 0. The largest absolute Gasteiger partial charge is 0.394 e. The van der Waals surface area contributed by atoms with Gasteiger partial charge in [0.25, 0.3) is 5.92 Å². The normalized spacial score (nSPS) is 19.6. The molecule has 130 valence electrons. The number of aromatic nitrogens is 4. The van der Waals surface area contributed by atoms with Crippen LogP contribution >= 0.6 is 0 Å². The average Bonchev–Trinajstić information content (AvgIpc) is 3.15. The molecule has 3 aromatic rings. The molecule has 0 saturated carbocycles. The number of rotatable bonds is 3. The van der Waals surface area contributed by atoms with Crippen LogP contribution in [0.5, 0.6) is 0 Å². The van der Waals surface area contributed by atoms with E-state index in [2.05, 4.69) is 19.9 Å². The van der Waals surface area contributed by atoms with Crippen molar-refractivity contribution >= 4 is 22.7 Å². The maximum Gasteiger partial charge on any atom is 0.267 e. The Labute approximate surface area is 141 Å². The van der Waals surface area contributed by atoms with Crippen molar-refractivity contribution in [2.45, 2.75) is 18.4 Å². The average molecular weight is 346 g/mol. The molecule has 4 rings (SSSR count). The zero-order valence-electron chi connectivity index (χ0n) is 13.2. The summed E-state index contributed by atoms with van der Waals surface area (Å²) >= 11 is 0. The van der Waals surface area contributed by atoms with E-state index in [0.717, 1.165) is 0 Å². The molecule has 1 aliphatic rings. The number of halogens is 2. The molecule has 1 unspecified atom stereocenters. The second kappa shape index (κ2) is 5.62. The quantitative estimate of drug-likeness (QED) is 0.668. The Balaban J connectivity index is 1.89. The lowest BCUT2D eigenvalue weighted by Crippen LogP contribution is -2.32. The highest BCUT2D eigenvalue weighted by Crippen LogP contribution is 2.40. The highest BCUT2D eigenvalue weighted by atomic mass is 19.3. The van der Waals surface area contributed by atoms with Gasteiger partial charge in [0.15, 0.2) is 0 Å². The smallest absolute Gasteiger partial charge is 0.267 e. The standard InChI is InChI=1S/C16H16F2N6O/c17-16(18)5-9(7-25)24(8-16)12-2-4-20-14-13(12)10(6-22-14)11-1-3-21-15(19)23-11/h1-4,6,9,25H,5,7-8H2,(H,20,22)(H2,19,21,23). The Morgan fingerprint density at radius 3 is 2.88 bits per heavy atom. The van der Waals surface area contributed by atoms with Gasteiger partial charge in [-0.25, -0.2) is 23.7 Å². The van der Waals surface area contributed by atoms with Gasteiger partial charge in [-0.15, -0.1) is 0 Å². The van der Waals surface area contributed by atoms with Crippen molar-refractivity contribution in [3.05, 3.63) is 30.7 Å². The number of aromatic amines is 1. The van der Waals surface area contributed by atoms with Gasteiger partial charge in [-0.2, -0.15) is 0 Å². The van der Waals surface area contributed by atoms with Gasteiger partial charge in [0.2, 0.25) is 5.95 Å². The number of aliphatic hydroxyl groups is 1. The first kappa shape index (κ1) is 15.7. The molecule has 0 spiro atoms. The Morgan fingerprint density at radius 1 is 1.32 bits per heavy atom. The van der Waals surface area contributed by atoms with Crippen molar-refractivity contribution in [2.75, 3.05) is 23.8 Å². The lowest BCUT2D eigenvalue weighted by Gasteiger charge is -2.25. The van der Waals surface area contributed by atoms with Gasteiger partial charge >= 0.3 is 0 Å². The molecule has 0 bridgehead atoms. The summed E-state index contributed by atoms with van der Waals surface area (Å²) in [6.45, 7) is -0.798. The summed E-state index contributed by atoms with van der Waals surface area (Å²) in [5.41, 5.74) is 8.05. The Kier molecular flexibility index (Phi) is 3.53. The Morgan fingerprint density at radius 2 is 2.12 bits per heavy atom. The third-order valence-electron chi connectivity index (χ3n) is 4.40. The number of H-pyrrole nitrogens is 1.